The number of piperidine rings is 1. The third-order valence-corrected chi connectivity index (χ3v) is 3.77. The summed E-state index contributed by atoms with van der Waals surface area (Å²) in [5.41, 5.74) is 0. The fourth-order valence-electron chi connectivity index (χ4n) is 2.95. The van der Waals surface area contributed by atoms with E-state index in [1.54, 1.807) is 0 Å². The number of likely N-dealkylation sites (tertiary alicyclic amines) is 1. The second kappa shape index (κ2) is 7.32. The summed E-state index contributed by atoms with van der Waals surface area (Å²) in [6.45, 7) is 6.91. The van der Waals surface area contributed by atoms with Crippen molar-refractivity contribution in [2.24, 2.45) is 11.8 Å². The van der Waals surface area contributed by atoms with Crippen LogP contribution < -0.4 is 4.74 Å². The number of amides is 1. The second-order valence-corrected chi connectivity index (χ2v) is 6.01. The van der Waals surface area contributed by atoms with Gasteiger partial charge in [-0.2, -0.15) is 0 Å². The Morgan fingerprint density at radius 3 is 2.50 bits per heavy atom. The lowest BCUT2D eigenvalue weighted by molar-refractivity contribution is -0.134. The number of hydrogen-bond donors (Lipinski definition) is 0. The molecule has 3 heteroatoms. The van der Waals surface area contributed by atoms with Crippen LogP contribution in [0.15, 0.2) is 30.3 Å². The van der Waals surface area contributed by atoms with Gasteiger partial charge in [-0.25, -0.2) is 0 Å². The van der Waals surface area contributed by atoms with Crippen molar-refractivity contribution in [2.75, 3.05) is 19.7 Å². The molecule has 1 saturated heterocycles. The van der Waals surface area contributed by atoms with Gasteiger partial charge in [-0.05, 0) is 36.8 Å². The van der Waals surface area contributed by atoms with Gasteiger partial charge in [-0.1, -0.05) is 32.0 Å². The summed E-state index contributed by atoms with van der Waals surface area (Å²) >= 11 is 0. The molecule has 110 valence electrons. The molecule has 0 spiro atoms. The zero-order valence-electron chi connectivity index (χ0n) is 12.5. The molecule has 0 aromatic heterocycles. The minimum atomic E-state index is 0.278. The molecule has 1 aliphatic heterocycles. The van der Waals surface area contributed by atoms with Crippen molar-refractivity contribution >= 4 is 5.91 Å². The molecule has 1 heterocycles. The van der Waals surface area contributed by atoms with Crippen LogP contribution in [0.4, 0.5) is 0 Å². The highest BCUT2D eigenvalue weighted by molar-refractivity contribution is 5.76. The summed E-state index contributed by atoms with van der Waals surface area (Å²) in [6, 6.07) is 9.76. The molecule has 1 aromatic carbocycles. The SMILES string of the molecule is C[C@@H]1C[C@@H](C)CN(C(=O)CCCOc2ccccc2)C1. The van der Waals surface area contributed by atoms with Gasteiger partial charge in [0.05, 0.1) is 6.61 Å². The molecule has 0 bridgehead atoms. The molecular formula is C17H25NO2. The highest BCUT2D eigenvalue weighted by Gasteiger charge is 2.24. The van der Waals surface area contributed by atoms with Crippen LogP contribution in [0.2, 0.25) is 0 Å². The monoisotopic (exact) mass is 275 g/mol. The van der Waals surface area contributed by atoms with E-state index < -0.39 is 0 Å². The Morgan fingerprint density at radius 2 is 1.85 bits per heavy atom. The van der Waals surface area contributed by atoms with E-state index in [0.717, 1.165) is 25.3 Å². The first-order valence-electron chi connectivity index (χ1n) is 7.60. The average molecular weight is 275 g/mol. The smallest absolute Gasteiger partial charge is 0.222 e. The van der Waals surface area contributed by atoms with Crippen molar-refractivity contribution < 1.29 is 9.53 Å². The van der Waals surface area contributed by atoms with Crippen LogP contribution in [0.5, 0.6) is 5.75 Å². The highest BCUT2D eigenvalue weighted by atomic mass is 16.5. The van der Waals surface area contributed by atoms with E-state index in [4.69, 9.17) is 4.74 Å². The fraction of sp³-hybridized carbons (Fsp3) is 0.588. The van der Waals surface area contributed by atoms with Crippen LogP contribution in [0.1, 0.15) is 33.1 Å². The molecule has 20 heavy (non-hydrogen) atoms. The Morgan fingerprint density at radius 1 is 1.20 bits per heavy atom. The predicted octanol–water partition coefficient (Wildman–Crippen LogP) is 3.35. The second-order valence-electron chi connectivity index (χ2n) is 6.01. The number of carbonyl (C=O) groups excluding carboxylic acids is 1. The zero-order chi connectivity index (χ0) is 14.4. The maximum atomic E-state index is 12.2. The topological polar surface area (TPSA) is 29.5 Å². The molecule has 2 atom stereocenters. The van der Waals surface area contributed by atoms with E-state index in [9.17, 15) is 4.79 Å². The van der Waals surface area contributed by atoms with Gasteiger partial charge in [0, 0.05) is 19.5 Å². The van der Waals surface area contributed by atoms with Crippen molar-refractivity contribution in [3.8, 4) is 5.75 Å². The third kappa shape index (κ3) is 4.55. The van der Waals surface area contributed by atoms with Crippen molar-refractivity contribution in [2.45, 2.75) is 33.1 Å². The lowest BCUT2D eigenvalue weighted by Crippen LogP contribution is -2.42. The van der Waals surface area contributed by atoms with Gasteiger partial charge < -0.3 is 9.64 Å². The number of benzene rings is 1. The van der Waals surface area contributed by atoms with Crippen molar-refractivity contribution in [3.63, 3.8) is 0 Å². The van der Waals surface area contributed by atoms with E-state index in [1.807, 2.05) is 35.2 Å². The van der Waals surface area contributed by atoms with E-state index in [0.29, 0.717) is 24.9 Å². The number of hydrogen-bond acceptors (Lipinski definition) is 2. The molecule has 0 N–H and O–H groups in total. The van der Waals surface area contributed by atoms with Gasteiger partial charge in [0.25, 0.3) is 0 Å². The zero-order valence-corrected chi connectivity index (χ0v) is 12.5. The summed E-state index contributed by atoms with van der Waals surface area (Å²) in [5.74, 6) is 2.41. The lowest BCUT2D eigenvalue weighted by Gasteiger charge is -2.35. The minimum Gasteiger partial charge on any atom is -0.494 e. The Hall–Kier alpha value is -1.51. The normalized spacial score (nSPS) is 22.6. The summed E-state index contributed by atoms with van der Waals surface area (Å²) in [6.07, 6.45) is 2.61. The summed E-state index contributed by atoms with van der Waals surface area (Å²) in [7, 11) is 0. The number of rotatable bonds is 5. The maximum Gasteiger partial charge on any atom is 0.222 e. The molecule has 1 aromatic rings. The first-order chi connectivity index (χ1) is 9.65. The molecule has 1 aliphatic rings. The standard InChI is InChI=1S/C17H25NO2/c1-14-11-15(2)13-18(12-14)17(19)9-6-10-20-16-7-4-3-5-8-16/h3-5,7-8,14-15H,6,9-13H2,1-2H3/t14-,15-/m1/s1. The first kappa shape index (κ1) is 14.9. The van der Waals surface area contributed by atoms with Gasteiger partial charge in [0.1, 0.15) is 5.75 Å². The fourth-order valence-corrected chi connectivity index (χ4v) is 2.95. The van der Waals surface area contributed by atoms with E-state index >= 15 is 0 Å². The number of carbonyl (C=O) groups is 1. The molecule has 0 saturated carbocycles. The Bertz CT molecular complexity index is 408. The van der Waals surface area contributed by atoms with Crippen molar-refractivity contribution in [1.82, 2.24) is 4.90 Å². The van der Waals surface area contributed by atoms with E-state index in [-0.39, 0.29) is 5.91 Å². The molecule has 0 aliphatic carbocycles. The van der Waals surface area contributed by atoms with Crippen LogP contribution in [-0.2, 0) is 4.79 Å². The van der Waals surface area contributed by atoms with Gasteiger partial charge in [0.2, 0.25) is 5.91 Å². The molecule has 0 unspecified atom stereocenters. The summed E-state index contributed by atoms with van der Waals surface area (Å²) in [4.78, 5) is 14.2. The number of nitrogens with zero attached hydrogens (tertiary/aromatic N) is 1. The highest BCUT2D eigenvalue weighted by Crippen LogP contribution is 2.21. The van der Waals surface area contributed by atoms with Crippen LogP contribution >= 0.6 is 0 Å². The molecule has 2 rings (SSSR count). The first-order valence-corrected chi connectivity index (χ1v) is 7.60. The Kier molecular flexibility index (Phi) is 5.45. The summed E-state index contributed by atoms with van der Waals surface area (Å²) < 4.78 is 5.62. The quantitative estimate of drug-likeness (QED) is 0.771. The van der Waals surface area contributed by atoms with Gasteiger partial charge in [-0.15, -0.1) is 0 Å². The molecule has 0 radical (unpaired) electrons. The Labute approximate surface area is 121 Å². The third-order valence-electron chi connectivity index (χ3n) is 3.77. The molecule has 1 fully saturated rings. The lowest BCUT2D eigenvalue weighted by atomic mass is 9.91. The van der Waals surface area contributed by atoms with Crippen LogP contribution in [-0.4, -0.2) is 30.5 Å². The number of ether oxygens (including phenoxy) is 1. The van der Waals surface area contributed by atoms with Crippen LogP contribution in [0.3, 0.4) is 0 Å². The van der Waals surface area contributed by atoms with E-state index in [2.05, 4.69) is 13.8 Å². The van der Waals surface area contributed by atoms with Gasteiger partial charge >= 0.3 is 0 Å². The molecule has 1 amide bonds. The van der Waals surface area contributed by atoms with Crippen LogP contribution in [0.25, 0.3) is 0 Å². The number of para-hydroxylation sites is 1. The minimum absolute atomic E-state index is 0.278. The van der Waals surface area contributed by atoms with Crippen LogP contribution in [0, 0.1) is 11.8 Å². The molecular weight excluding hydrogens is 250 g/mol. The largest absolute Gasteiger partial charge is 0.494 e. The average Bonchev–Trinajstić information content (AvgIpc) is 2.43. The molecule has 3 nitrogen and oxygen atoms in total. The Balaban J connectivity index is 1.67. The van der Waals surface area contributed by atoms with Crippen molar-refractivity contribution in [1.29, 1.82) is 0 Å². The van der Waals surface area contributed by atoms with Crippen molar-refractivity contribution in [3.05, 3.63) is 30.3 Å². The predicted molar refractivity (Wildman–Crippen MR) is 80.7 cm³/mol. The van der Waals surface area contributed by atoms with Gasteiger partial charge in [0.15, 0.2) is 0 Å². The van der Waals surface area contributed by atoms with E-state index in [1.165, 1.54) is 6.42 Å². The maximum absolute atomic E-state index is 12.2. The van der Waals surface area contributed by atoms with Gasteiger partial charge in [-0.3, -0.25) is 4.79 Å². The summed E-state index contributed by atoms with van der Waals surface area (Å²) in [5, 5.41) is 0.